The van der Waals surface area contributed by atoms with E-state index in [1.54, 1.807) is 30.3 Å². The third-order valence-corrected chi connectivity index (χ3v) is 7.34. The van der Waals surface area contributed by atoms with Crippen molar-refractivity contribution in [2.24, 2.45) is 0 Å². The standard InChI is InChI=1S/C28H23BrN2O4/c1-16-13-18(9-10-22(16)29)26(33)24-25(17-5-4-6-20(32)14-17)31(28(35)27(24)34)12-11-19-15-30-23-8-3-2-7-21(19)23/h2-10,13-15,25,30,32-33H,11-12H2,1H3/b26-24+. The minimum Gasteiger partial charge on any atom is -0.508 e. The van der Waals surface area contributed by atoms with Crippen molar-refractivity contribution in [2.45, 2.75) is 19.4 Å². The molecule has 7 heteroatoms. The summed E-state index contributed by atoms with van der Waals surface area (Å²) in [5.41, 5.74) is 3.93. The summed E-state index contributed by atoms with van der Waals surface area (Å²) < 4.78 is 0.873. The van der Waals surface area contributed by atoms with Gasteiger partial charge in [-0.15, -0.1) is 0 Å². The first-order chi connectivity index (χ1) is 16.8. The Morgan fingerprint density at radius 3 is 2.63 bits per heavy atom. The number of ketones is 1. The van der Waals surface area contributed by atoms with Gasteiger partial charge >= 0.3 is 0 Å². The highest BCUT2D eigenvalue weighted by Crippen LogP contribution is 2.40. The average Bonchev–Trinajstić information content (AvgIpc) is 3.37. The predicted molar refractivity (Wildman–Crippen MR) is 138 cm³/mol. The monoisotopic (exact) mass is 530 g/mol. The molecule has 0 bridgehead atoms. The summed E-state index contributed by atoms with van der Waals surface area (Å²) >= 11 is 3.45. The number of amides is 1. The normalized spacial score (nSPS) is 17.4. The number of nitrogens with zero attached hydrogens (tertiary/aromatic N) is 1. The van der Waals surface area contributed by atoms with E-state index in [-0.39, 0.29) is 23.6 Å². The number of fused-ring (bicyclic) bond motifs is 1. The lowest BCUT2D eigenvalue weighted by atomic mass is 9.94. The van der Waals surface area contributed by atoms with Crippen LogP contribution in [-0.4, -0.2) is 38.3 Å². The van der Waals surface area contributed by atoms with E-state index in [4.69, 9.17) is 0 Å². The number of Topliss-reactive ketones (excluding diaryl/α,β-unsaturated/α-hetero) is 1. The molecule has 0 radical (unpaired) electrons. The summed E-state index contributed by atoms with van der Waals surface area (Å²) in [6, 6.07) is 18.8. The van der Waals surface area contributed by atoms with Crippen LogP contribution in [0, 0.1) is 6.92 Å². The molecule has 5 rings (SSSR count). The molecule has 1 atom stereocenters. The SMILES string of the molecule is Cc1cc(/C(O)=C2\C(=O)C(=O)N(CCc3c[nH]c4ccccc34)C2c2cccc(O)c2)ccc1Br. The Balaban J connectivity index is 1.58. The van der Waals surface area contributed by atoms with Crippen molar-refractivity contribution < 1.29 is 19.8 Å². The second kappa shape index (κ2) is 9.07. The average molecular weight is 531 g/mol. The maximum atomic E-state index is 13.2. The molecule has 0 aliphatic carbocycles. The molecule has 3 aromatic carbocycles. The lowest BCUT2D eigenvalue weighted by molar-refractivity contribution is -0.139. The fraction of sp³-hybridized carbons (Fsp3) is 0.143. The summed E-state index contributed by atoms with van der Waals surface area (Å²) in [5.74, 6) is -1.63. The number of H-pyrrole nitrogens is 1. The number of likely N-dealkylation sites (tertiary alicyclic amines) is 1. The number of hydrogen-bond donors (Lipinski definition) is 3. The first-order valence-corrected chi connectivity index (χ1v) is 12.0. The van der Waals surface area contributed by atoms with Crippen LogP contribution in [0.15, 0.2) is 83.0 Å². The Hall–Kier alpha value is -3.84. The van der Waals surface area contributed by atoms with Gasteiger partial charge in [0.1, 0.15) is 11.5 Å². The second-order valence-electron chi connectivity index (χ2n) is 8.66. The Morgan fingerprint density at radius 2 is 1.86 bits per heavy atom. The summed E-state index contributed by atoms with van der Waals surface area (Å²) in [6.45, 7) is 2.15. The number of nitrogens with one attached hydrogen (secondary N) is 1. The largest absolute Gasteiger partial charge is 0.508 e. The maximum absolute atomic E-state index is 13.2. The fourth-order valence-electron chi connectivity index (χ4n) is 4.68. The van der Waals surface area contributed by atoms with Crippen LogP contribution in [0.25, 0.3) is 16.7 Å². The number of carbonyl (C=O) groups is 2. The van der Waals surface area contributed by atoms with Crippen LogP contribution in [0.3, 0.4) is 0 Å². The van der Waals surface area contributed by atoms with E-state index in [0.717, 1.165) is 26.5 Å². The molecule has 3 N–H and O–H groups in total. The van der Waals surface area contributed by atoms with Crippen LogP contribution in [-0.2, 0) is 16.0 Å². The van der Waals surface area contributed by atoms with E-state index in [9.17, 15) is 19.8 Å². The van der Waals surface area contributed by atoms with Crippen molar-refractivity contribution in [1.29, 1.82) is 0 Å². The Labute approximate surface area is 210 Å². The van der Waals surface area contributed by atoms with Crippen LogP contribution in [0.1, 0.15) is 28.3 Å². The minimum absolute atomic E-state index is 0.0150. The second-order valence-corrected chi connectivity index (χ2v) is 9.52. The van der Waals surface area contributed by atoms with Crippen molar-refractivity contribution in [2.75, 3.05) is 6.54 Å². The molecule has 0 spiro atoms. The maximum Gasteiger partial charge on any atom is 0.295 e. The van der Waals surface area contributed by atoms with Crippen LogP contribution in [0.2, 0.25) is 0 Å². The van der Waals surface area contributed by atoms with Gasteiger partial charge in [0, 0.05) is 33.7 Å². The zero-order valence-electron chi connectivity index (χ0n) is 19.0. The Morgan fingerprint density at radius 1 is 1.06 bits per heavy atom. The zero-order chi connectivity index (χ0) is 24.7. The number of carbonyl (C=O) groups excluding carboxylic acids is 2. The van der Waals surface area contributed by atoms with Gasteiger partial charge < -0.3 is 20.1 Å². The third kappa shape index (κ3) is 4.12. The van der Waals surface area contributed by atoms with Gasteiger partial charge in [-0.05, 0) is 60.4 Å². The number of benzene rings is 3. The highest BCUT2D eigenvalue weighted by atomic mass is 79.9. The molecular formula is C28H23BrN2O4. The zero-order valence-corrected chi connectivity index (χ0v) is 20.5. The number of phenols is 1. The molecule has 176 valence electrons. The smallest absolute Gasteiger partial charge is 0.295 e. The lowest BCUT2D eigenvalue weighted by Gasteiger charge is -2.25. The molecule has 1 fully saturated rings. The molecule has 35 heavy (non-hydrogen) atoms. The van der Waals surface area contributed by atoms with Crippen molar-refractivity contribution in [1.82, 2.24) is 9.88 Å². The molecule has 1 aliphatic heterocycles. The third-order valence-electron chi connectivity index (χ3n) is 6.45. The number of aliphatic hydroxyl groups is 1. The Bertz CT molecular complexity index is 1500. The van der Waals surface area contributed by atoms with E-state index in [0.29, 0.717) is 17.5 Å². The lowest BCUT2D eigenvalue weighted by Crippen LogP contribution is -2.31. The summed E-state index contributed by atoms with van der Waals surface area (Å²) in [6.07, 6.45) is 2.43. The van der Waals surface area contributed by atoms with Gasteiger partial charge in [-0.2, -0.15) is 0 Å². The number of aromatic nitrogens is 1. The predicted octanol–water partition coefficient (Wildman–Crippen LogP) is 5.61. The van der Waals surface area contributed by atoms with Crippen molar-refractivity contribution in [3.05, 3.63) is 105 Å². The number of aromatic amines is 1. The van der Waals surface area contributed by atoms with Gasteiger partial charge in [0.05, 0.1) is 11.6 Å². The van der Waals surface area contributed by atoms with Crippen molar-refractivity contribution in [3.63, 3.8) is 0 Å². The minimum atomic E-state index is -0.823. The van der Waals surface area contributed by atoms with Crippen molar-refractivity contribution >= 4 is 44.3 Å². The fourth-order valence-corrected chi connectivity index (χ4v) is 4.93. The van der Waals surface area contributed by atoms with E-state index < -0.39 is 17.7 Å². The molecule has 0 saturated carbocycles. The number of halogens is 1. The first kappa shape index (κ1) is 22.9. The number of aryl methyl sites for hydroxylation is 1. The number of aromatic hydroxyl groups is 1. The van der Waals surface area contributed by atoms with Crippen LogP contribution < -0.4 is 0 Å². The summed E-state index contributed by atoms with van der Waals surface area (Å²) in [7, 11) is 0. The summed E-state index contributed by atoms with van der Waals surface area (Å²) in [5, 5.41) is 22.4. The number of rotatable bonds is 5. The molecule has 1 aromatic heterocycles. The number of para-hydroxylation sites is 1. The topological polar surface area (TPSA) is 93.6 Å². The van der Waals surface area contributed by atoms with Gasteiger partial charge in [-0.3, -0.25) is 9.59 Å². The molecular weight excluding hydrogens is 508 g/mol. The molecule has 1 aliphatic rings. The van der Waals surface area contributed by atoms with Crippen LogP contribution >= 0.6 is 15.9 Å². The Kier molecular flexibility index (Phi) is 5.94. The van der Waals surface area contributed by atoms with Crippen LogP contribution in [0.4, 0.5) is 0 Å². The highest BCUT2D eigenvalue weighted by Gasteiger charge is 2.46. The summed E-state index contributed by atoms with van der Waals surface area (Å²) in [4.78, 5) is 31.2. The molecule has 4 aromatic rings. The number of phenolic OH excluding ortho intramolecular Hbond substituents is 1. The van der Waals surface area contributed by atoms with Crippen molar-refractivity contribution in [3.8, 4) is 5.75 Å². The van der Waals surface area contributed by atoms with Gasteiger partial charge in [0.2, 0.25) is 0 Å². The van der Waals surface area contributed by atoms with Crippen LogP contribution in [0.5, 0.6) is 5.75 Å². The quantitative estimate of drug-likeness (QED) is 0.177. The van der Waals surface area contributed by atoms with E-state index in [1.165, 1.54) is 17.0 Å². The molecule has 1 amide bonds. The highest BCUT2D eigenvalue weighted by molar-refractivity contribution is 9.10. The van der Waals surface area contributed by atoms with E-state index in [2.05, 4.69) is 20.9 Å². The van der Waals surface area contributed by atoms with Gasteiger partial charge in [-0.25, -0.2) is 0 Å². The molecule has 6 nitrogen and oxygen atoms in total. The molecule has 2 heterocycles. The van der Waals surface area contributed by atoms with E-state index in [1.807, 2.05) is 37.4 Å². The number of hydrogen-bond acceptors (Lipinski definition) is 4. The van der Waals surface area contributed by atoms with E-state index >= 15 is 0 Å². The number of aliphatic hydroxyl groups excluding tert-OH is 1. The van der Waals surface area contributed by atoms with Gasteiger partial charge in [0.15, 0.2) is 0 Å². The first-order valence-electron chi connectivity index (χ1n) is 11.2. The van der Waals surface area contributed by atoms with Gasteiger partial charge in [0.25, 0.3) is 11.7 Å². The molecule has 1 saturated heterocycles. The molecule has 1 unspecified atom stereocenters. The van der Waals surface area contributed by atoms with Gasteiger partial charge in [-0.1, -0.05) is 52.3 Å².